The van der Waals surface area contributed by atoms with Gasteiger partial charge < -0.3 is 13.7 Å². The molecule has 0 radical (unpaired) electrons. The van der Waals surface area contributed by atoms with Crippen molar-refractivity contribution in [3.05, 3.63) is 534 Å². The number of pyridine rings is 4. The summed E-state index contributed by atoms with van der Waals surface area (Å²) in [5.74, 6) is 1.27. The van der Waals surface area contributed by atoms with Crippen molar-refractivity contribution in [3.8, 4) is 135 Å². The minimum absolute atomic E-state index is 0.588. The number of benzene rings is 18. The zero-order valence-electron chi connectivity index (χ0n) is 81.1. The highest BCUT2D eigenvalue weighted by atomic mass is 15.2. The van der Waals surface area contributed by atoms with Gasteiger partial charge in [0.05, 0.1) is 95.7 Å². The smallest absolute Gasteiger partial charge is 0.237 e. The summed E-state index contributed by atoms with van der Waals surface area (Å²) in [4.78, 5) is 40.4. The van der Waals surface area contributed by atoms with E-state index in [1.165, 1.54) is 87.7 Å². The van der Waals surface area contributed by atoms with Crippen LogP contribution < -0.4 is 0 Å². The molecular formula is C136H88N14. The summed E-state index contributed by atoms with van der Waals surface area (Å²) in [5, 5.41) is 14.1. The monoisotopic (exact) mass is 1920 g/mol. The summed E-state index contributed by atoms with van der Waals surface area (Å²) in [6.07, 6.45) is 7.53. The topological polar surface area (TPSA) is 133 Å². The average molecular weight is 1920 g/mol. The van der Waals surface area contributed by atoms with E-state index in [0.29, 0.717) is 11.8 Å². The fourth-order valence-corrected chi connectivity index (χ4v) is 22.4. The average Bonchev–Trinajstić information content (AvgIpc) is 1.57. The maximum Gasteiger partial charge on any atom is 0.237 e. The van der Waals surface area contributed by atoms with Crippen LogP contribution in [0.4, 0.5) is 0 Å². The van der Waals surface area contributed by atoms with Gasteiger partial charge in [-0.15, -0.1) is 0 Å². The zero-order valence-corrected chi connectivity index (χ0v) is 81.1. The van der Waals surface area contributed by atoms with Gasteiger partial charge in [-0.2, -0.15) is 0 Å². The first kappa shape index (κ1) is 87.3. The molecule has 30 aromatic rings. The van der Waals surface area contributed by atoms with Crippen molar-refractivity contribution in [2.75, 3.05) is 0 Å². The SMILES string of the molecule is c1ccc(-c2cc(-c3ccccc3)nc(-n3c4ccc(-c5cccc6c5c5ccccc5n6-c5ccccc5)cc4c4cccnc43)n2)cc1.c1ccc(-c2cc(-n3c4ccc(-c5cccc6c5c5ccccc5n6-c5ccccc5)cc4c4cccnc43)cc(-c3ccccc3)n2)cc1.c1ccc(-c2ncc(-n3c4ccc(-c5cccc6c5c5ccccc5n6-c5ccccc5)cc4c4cccnc43)c(-c3ccccc3)n2)cc1. The molecule has 0 N–H and O–H groups in total. The Hall–Kier alpha value is -20.5. The van der Waals surface area contributed by atoms with E-state index in [1.807, 2.05) is 128 Å². The summed E-state index contributed by atoms with van der Waals surface area (Å²) in [7, 11) is 0. The number of aromatic nitrogens is 14. The lowest BCUT2D eigenvalue weighted by molar-refractivity contribution is 0.982. The number of hydrogen-bond donors (Lipinski definition) is 0. The van der Waals surface area contributed by atoms with Gasteiger partial charge in [-0.05, 0) is 197 Å². The summed E-state index contributed by atoms with van der Waals surface area (Å²) in [6.45, 7) is 0. The highest BCUT2D eigenvalue weighted by Crippen LogP contribution is 2.48. The third-order valence-electron chi connectivity index (χ3n) is 29.0. The van der Waals surface area contributed by atoms with Gasteiger partial charge in [0.25, 0.3) is 0 Å². The largest absolute Gasteiger partial charge is 0.309 e. The Balaban J connectivity index is 0.000000108. The van der Waals surface area contributed by atoms with Crippen LogP contribution >= 0.6 is 0 Å². The second-order valence-electron chi connectivity index (χ2n) is 37.6. The molecule has 0 bridgehead atoms. The van der Waals surface area contributed by atoms with Gasteiger partial charge in [-0.3, -0.25) is 13.7 Å². The second-order valence-corrected chi connectivity index (χ2v) is 37.6. The fraction of sp³-hybridized carbons (Fsp3) is 0. The number of fused-ring (bicyclic) bond motifs is 18. The molecule has 14 nitrogen and oxygen atoms in total. The Morgan fingerprint density at radius 3 is 0.833 bits per heavy atom. The Bertz CT molecular complexity index is 9930. The van der Waals surface area contributed by atoms with Crippen LogP contribution in [0.2, 0.25) is 0 Å². The molecule has 0 saturated carbocycles. The summed E-state index contributed by atoms with van der Waals surface area (Å²) >= 11 is 0. The zero-order chi connectivity index (χ0) is 99.1. The van der Waals surface area contributed by atoms with Gasteiger partial charge in [-0.25, -0.2) is 39.9 Å². The number of rotatable bonds is 15. The molecule has 12 aromatic heterocycles. The molecule has 0 fully saturated rings. The molecule has 0 amide bonds. The third kappa shape index (κ3) is 15.1. The van der Waals surface area contributed by atoms with E-state index in [9.17, 15) is 0 Å². The number of para-hydroxylation sites is 6. The molecule has 30 rings (SSSR count). The van der Waals surface area contributed by atoms with Crippen molar-refractivity contribution in [2.45, 2.75) is 0 Å². The van der Waals surface area contributed by atoms with Crippen molar-refractivity contribution in [1.82, 2.24) is 67.3 Å². The van der Waals surface area contributed by atoms with Crippen LogP contribution in [0.25, 0.3) is 267 Å². The van der Waals surface area contributed by atoms with Crippen molar-refractivity contribution < 1.29 is 0 Å². The molecule has 0 aliphatic carbocycles. The molecule has 0 spiro atoms. The maximum absolute atomic E-state index is 5.18. The molecular weight excluding hydrogens is 1830 g/mol. The summed E-state index contributed by atoms with van der Waals surface area (Å²) in [6, 6.07) is 179. The van der Waals surface area contributed by atoms with Crippen molar-refractivity contribution >= 4 is 131 Å². The van der Waals surface area contributed by atoms with Crippen LogP contribution in [0.1, 0.15) is 0 Å². The van der Waals surface area contributed by atoms with E-state index < -0.39 is 0 Å². The van der Waals surface area contributed by atoms with E-state index >= 15 is 0 Å². The lowest BCUT2D eigenvalue weighted by atomic mass is 9.98. The molecule has 12 heterocycles. The number of hydrogen-bond acceptors (Lipinski definition) is 8. The predicted molar refractivity (Wildman–Crippen MR) is 617 cm³/mol. The van der Waals surface area contributed by atoms with E-state index in [2.05, 4.69) is 434 Å². The molecule has 150 heavy (non-hydrogen) atoms. The van der Waals surface area contributed by atoms with Gasteiger partial charge in [0.2, 0.25) is 5.95 Å². The summed E-state index contributed by atoms with van der Waals surface area (Å²) < 4.78 is 13.7. The highest BCUT2D eigenvalue weighted by Gasteiger charge is 2.28. The highest BCUT2D eigenvalue weighted by molar-refractivity contribution is 6.21. The van der Waals surface area contributed by atoms with Gasteiger partial charge in [0.1, 0.15) is 16.9 Å². The summed E-state index contributed by atoms with van der Waals surface area (Å²) in [5.41, 5.74) is 36.0. The quantitative estimate of drug-likeness (QED) is 0.0991. The van der Waals surface area contributed by atoms with Gasteiger partial charge in [0, 0.05) is 134 Å². The Kier molecular flexibility index (Phi) is 21.6. The van der Waals surface area contributed by atoms with Gasteiger partial charge in [0.15, 0.2) is 5.82 Å². The molecule has 702 valence electrons. The van der Waals surface area contributed by atoms with Crippen LogP contribution in [0.5, 0.6) is 0 Å². The standard InChI is InChI=1S/C46H30N4.2C45H29N5/c1-4-14-31(15-5-1)40-29-35(30-41(48-40)32-16-6-2-7-17-32)50-43-26-25-33(28-39(43)37-22-13-27-47-46(37)50)36-21-12-24-44-45(36)38-20-10-11-23-42(38)49(44)34-18-8-3-9-19-34;1-4-14-30(15-5-1)38-29-39(31-16-6-2-7-17-31)48-45(47-38)50-41-26-25-32(28-37(41)35-22-13-27-46-44(35)50)34-21-12-24-42-43(34)36-20-10-11-23-40(36)49(42)33-18-8-3-9-19-33;1-4-14-30(15-5-1)43-41(29-47-44(48-43)31-16-6-2-7-17-31)50-39-26-25-32(28-37(39)35-22-13-27-46-45(35)50)34-21-12-24-40-42(34)36-20-10-11-23-38(36)49(40)33-18-8-3-9-19-33/h1-30H;2*1-29H. The van der Waals surface area contributed by atoms with Gasteiger partial charge >= 0.3 is 0 Å². The van der Waals surface area contributed by atoms with Crippen molar-refractivity contribution in [3.63, 3.8) is 0 Å². The minimum Gasteiger partial charge on any atom is -0.309 e. The minimum atomic E-state index is 0.588. The van der Waals surface area contributed by atoms with Crippen LogP contribution in [0.15, 0.2) is 534 Å². The van der Waals surface area contributed by atoms with Gasteiger partial charge in [-0.1, -0.05) is 346 Å². The lowest BCUT2D eigenvalue weighted by Gasteiger charge is -2.14. The first-order valence-corrected chi connectivity index (χ1v) is 50.5. The molecule has 0 aliphatic heterocycles. The van der Waals surface area contributed by atoms with Crippen LogP contribution in [-0.2, 0) is 0 Å². The van der Waals surface area contributed by atoms with E-state index in [4.69, 9.17) is 39.9 Å². The molecule has 0 unspecified atom stereocenters. The Morgan fingerprint density at radius 2 is 0.453 bits per heavy atom. The molecule has 0 atom stereocenters. The van der Waals surface area contributed by atoms with E-state index in [0.717, 1.165) is 167 Å². The molecule has 0 aliphatic rings. The first-order valence-electron chi connectivity index (χ1n) is 50.5. The number of nitrogens with zero attached hydrogens (tertiary/aromatic N) is 14. The molecule has 14 heteroatoms. The van der Waals surface area contributed by atoms with Crippen LogP contribution in [0, 0.1) is 0 Å². The molecule has 18 aromatic carbocycles. The second kappa shape index (κ2) is 37.0. The van der Waals surface area contributed by atoms with Crippen molar-refractivity contribution in [2.24, 2.45) is 0 Å². The maximum atomic E-state index is 5.18. The third-order valence-corrected chi connectivity index (χ3v) is 29.0. The lowest BCUT2D eigenvalue weighted by Crippen LogP contribution is -2.04. The van der Waals surface area contributed by atoms with Crippen molar-refractivity contribution in [1.29, 1.82) is 0 Å². The van der Waals surface area contributed by atoms with E-state index in [1.54, 1.807) is 0 Å². The first-order chi connectivity index (χ1) is 74.5. The molecule has 0 saturated heterocycles. The Morgan fingerprint density at radius 1 is 0.160 bits per heavy atom. The normalized spacial score (nSPS) is 11.6. The van der Waals surface area contributed by atoms with E-state index in [-0.39, 0.29) is 0 Å². The van der Waals surface area contributed by atoms with Crippen LogP contribution in [-0.4, -0.2) is 67.3 Å². The predicted octanol–water partition coefficient (Wildman–Crippen LogP) is 33.8. The fourth-order valence-electron chi connectivity index (χ4n) is 22.4. The Labute approximate surface area is 862 Å². The van der Waals surface area contributed by atoms with Crippen LogP contribution in [0.3, 0.4) is 0 Å².